The molecule has 80 valence electrons. The third-order valence-electron chi connectivity index (χ3n) is 4.39. The van der Waals surface area contributed by atoms with E-state index in [0.717, 1.165) is 24.2 Å². The van der Waals surface area contributed by atoms with Crippen molar-refractivity contribution in [2.24, 2.45) is 23.7 Å². The standard InChI is InChI=1S/C10H16O.CH2O2/c11-10-5-6-4-9(10)8-3-1-2-7(6)8;2-1-3/h6-11H,1-5H2;1H,(H,2,3). The van der Waals surface area contributed by atoms with Gasteiger partial charge in [-0.3, -0.25) is 4.79 Å². The van der Waals surface area contributed by atoms with Crippen LogP contribution in [0.2, 0.25) is 0 Å². The molecule has 0 amide bonds. The van der Waals surface area contributed by atoms with Gasteiger partial charge in [-0.05, 0) is 49.4 Å². The predicted molar refractivity (Wildman–Crippen MR) is 51.7 cm³/mol. The van der Waals surface area contributed by atoms with E-state index < -0.39 is 0 Å². The molecule has 3 rings (SSSR count). The van der Waals surface area contributed by atoms with Crippen molar-refractivity contribution in [3.8, 4) is 0 Å². The predicted octanol–water partition coefficient (Wildman–Crippen LogP) is 1.50. The second-order valence-electron chi connectivity index (χ2n) is 4.83. The highest BCUT2D eigenvalue weighted by molar-refractivity contribution is 5.32. The van der Waals surface area contributed by atoms with Crippen molar-refractivity contribution in [1.82, 2.24) is 0 Å². The normalized spacial score (nSPS) is 48.2. The molecule has 2 N–H and O–H groups in total. The smallest absolute Gasteiger partial charge is 0.290 e. The lowest BCUT2D eigenvalue weighted by molar-refractivity contribution is -0.122. The first-order valence-electron chi connectivity index (χ1n) is 5.53. The summed E-state index contributed by atoms with van der Waals surface area (Å²) in [5, 5.41) is 16.6. The average Bonchev–Trinajstić information content (AvgIpc) is 2.73. The molecule has 0 aromatic carbocycles. The summed E-state index contributed by atoms with van der Waals surface area (Å²) >= 11 is 0. The highest BCUT2D eigenvalue weighted by Gasteiger charge is 2.53. The zero-order valence-electron chi connectivity index (χ0n) is 8.30. The van der Waals surface area contributed by atoms with Crippen molar-refractivity contribution in [3.05, 3.63) is 0 Å². The minimum Gasteiger partial charge on any atom is -0.483 e. The number of hydrogen-bond donors (Lipinski definition) is 2. The monoisotopic (exact) mass is 198 g/mol. The van der Waals surface area contributed by atoms with E-state index in [1.807, 2.05) is 0 Å². The van der Waals surface area contributed by atoms with Gasteiger partial charge in [0.2, 0.25) is 0 Å². The summed E-state index contributed by atoms with van der Waals surface area (Å²) in [6.07, 6.45) is 6.90. The van der Waals surface area contributed by atoms with Crippen LogP contribution in [0.15, 0.2) is 0 Å². The fourth-order valence-corrected chi connectivity index (χ4v) is 4.03. The lowest BCUT2D eigenvalue weighted by Gasteiger charge is -2.28. The van der Waals surface area contributed by atoms with Gasteiger partial charge >= 0.3 is 0 Å². The van der Waals surface area contributed by atoms with Gasteiger partial charge in [-0.2, -0.15) is 0 Å². The van der Waals surface area contributed by atoms with E-state index in [1.165, 1.54) is 25.7 Å². The first-order chi connectivity index (χ1) is 6.77. The quantitative estimate of drug-likeness (QED) is 0.580. The van der Waals surface area contributed by atoms with Gasteiger partial charge in [-0.1, -0.05) is 6.42 Å². The molecule has 3 nitrogen and oxygen atoms in total. The van der Waals surface area contributed by atoms with Crippen LogP contribution in [0.5, 0.6) is 0 Å². The third-order valence-corrected chi connectivity index (χ3v) is 4.39. The van der Waals surface area contributed by atoms with Crippen LogP contribution in [0.4, 0.5) is 0 Å². The van der Waals surface area contributed by atoms with E-state index >= 15 is 0 Å². The second kappa shape index (κ2) is 3.89. The molecule has 3 aliphatic carbocycles. The molecule has 0 radical (unpaired) electrons. The summed E-state index contributed by atoms with van der Waals surface area (Å²) in [5.41, 5.74) is 0. The fourth-order valence-electron chi connectivity index (χ4n) is 4.03. The number of carbonyl (C=O) groups is 1. The zero-order valence-corrected chi connectivity index (χ0v) is 8.30. The van der Waals surface area contributed by atoms with Crippen LogP contribution in [-0.2, 0) is 4.79 Å². The lowest BCUT2D eigenvalue weighted by atomic mass is 9.80. The maximum Gasteiger partial charge on any atom is 0.290 e. The number of carboxylic acid groups (broad SMARTS) is 1. The Morgan fingerprint density at radius 3 is 2.43 bits per heavy atom. The van der Waals surface area contributed by atoms with Crippen LogP contribution >= 0.6 is 0 Å². The molecule has 0 aromatic heterocycles. The van der Waals surface area contributed by atoms with Crippen LogP contribution in [0.1, 0.15) is 32.1 Å². The molecule has 2 bridgehead atoms. The molecule has 3 fully saturated rings. The molecular formula is C11H18O3. The minimum atomic E-state index is -0.250. The molecule has 0 heterocycles. The molecule has 5 unspecified atom stereocenters. The number of aliphatic hydroxyl groups excluding tert-OH is 1. The summed E-state index contributed by atoms with van der Waals surface area (Å²) in [4.78, 5) is 8.36. The number of hydrogen-bond acceptors (Lipinski definition) is 2. The Balaban J connectivity index is 0.000000226. The lowest BCUT2D eigenvalue weighted by Crippen LogP contribution is -2.27. The topological polar surface area (TPSA) is 57.5 Å². The molecule has 3 aliphatic rings. The fraction of sp³-hybridized carbons (Fsp3) is 0.909. The first-order valence-corrected chi connectivity index (χ1v) is 5.53. The highest BCUT2D eigenvalue weighted by Crippen LogP contribution is 2.58. The Kier molecular flexibility index (Phi) is 2.77. The number of fused-ring (bicyclic) bond motifs is 5. The van der Waals surface area contributed by atoms with Crippen molar-refractivity contribution in [2.45, 2.75) is 38.2 Å². The van der Waals surface area contributed by atoms with Crippen LogP contribution in [0.25, 0.3) is 0 Å². The van der Waals surface area contributed by atoms with Gasteiger partial charge in [0.1, 0.15) is 0 Å². The van der Waals surface area contributed by atoms with Gasteiger partial charge in [-0.15, -0.1) is 0 Å². The van der Waals surface area contributed by atoms with Crippen LogP contribution in [-0.4, -0.2) is 22.8 Å². The molecule has 0 aromatic rings. The Bertz CT molecular complexity index is 217. The summed E-state index contributed by atoms with van der Waals surface area (Å²) in [6.45, 7) is -0.250. The van der Waals surface area contributed by atoms with Crippen molar-refractivity contribution in [1.29, 1.82) is 0 Å². The van der Waals surface area contributed by atoms with Crippen molar-refractivity contribution in [3.63, 3.8) is 0 Å². The molecule has 0 saturated heterocycles. The molecule has 0 aliphatic heterocycles. The average molecular weight is 198 g/mol. The SMILES string of the molecule is O=CO.OC1CC2CC1C1CCCC21. The van der Waals surface area contributed by atoms with Gasteiger partial charge in [0.05, 0.1) is 6.10 Å². The molecule has 5 atom stereocenters. The van der Waals surface area contributed by atoms with E-state index in [1.54, 1.807) is 0 Å². The van der Waals surface area contributed by atoms with Crippen molar-refractivity contribution in [2.75, 3.05) is 0 Å². The Morgan fingerprint density at radius 2 is 1.71 bits per heavy atom. The van der Waals surface area contributed by atoms with Gasteiger partial charge in [0.25, 0.3) is 6.47 Å². The maximum absolute atomic E-state index is 9.67. The third kappa shape index (κ3) is 1.44. The summed E-state index contributed by atoms with van der Waals surface area (Å²) in [6, 6.07) is 0. The molecular weight excluding hydrogens is 180 g/mol. The van der Waals surface area contributed by atoms with E-state index in [4.69, 9.17) is 9.90 Å². The van der Waals surface area contributed by atoms with E-state index in [9.17, 15) is 5.11 Å². The maximum atomic E-state index is 9.67. The minimum absolute atomic E-state index is 0.0827. The molecule has 14 heavy (non-hydrogen) atoms. The van der Waals surface area contributed by atoms with E-state index in [-0.39, 0.29) is 12.6 Å². The Hall–Kier alpha value is -0.570. The van der Waals surface area contributed by atoms with Crippen molar-refractivity contribution < 1.29 is 15.0 Å². The highest BCUT2D eigenvalue weighted by atomic mass is 16.3. The molecule has 0 spiro atoms. The van der Waals surface area contributed by atoms with Crippen LogP contribution in [0.3, 0.4) is 0 Å². The molecule has 3 saturated carbocycles. The largest absolute Gasteiger partial charge is 0.483 e. The number of aliphatic hydroxyl groups is 1. The molecule has 3 heteroatoms. The van der Waals surface area contributed by atoms with E-state index in [2.05, 4.69) is 0 Å². The van der Waals surface area contributed by atoms with Gasteiger partial charge in [0.15, 0.2) is 0 Å². The summed E-state index contributed by atoms with van der Waals surface area (Å²) in [7, 11) is 0. The van der Waals surface area contributed by atoms with Crippen LogP contribution < -0.4 is 0 Å². The summed E-state index contributed by atoms with van der Waals surface area (Å²) in [5.74, 6) is 3.60. The Labute approximate surface area is 84.1 Å². The summed E-state index contributed by atoms with van der Waals surface area (Å²) < 4.78 is 0. The second-order valence-corrected chi connectivity index (χ2v) is 4.83. The Morgan fingerprint density at radius 1 is 1.07 bits per heavy atom. The van der Waals surface area contributed by atoms with Crippen molar-refractivity contribution >= 4 is 6.47 Å². The van der Waals surface area contributed by atoms with E-state index in [0.29, 0.717) is 5.92 Å². The van der Waals surface area contributed by atoms with Gasteiger partial charge in [-0.25, -0.2) is 0 Å². The van der Waals surface area contributed by atoms with Crippen LogP contribution in [0, 0.1) is 23.7 Å². The van der Waals surface area contributed by atoms with Gasteiger partial charge in [0, 0.05) is 0 Å². The number of rotatable bonds is 0. The first kappa shape index (κ1) is 9.97. The van der Waals surface area contributed by atoms with Gasteiger partial charge < -0.3 is 10.2 Å². The zero-order chi connectivity index (χ0) is 10.1.